The summed E-state index contributed by atoms with van der Waals surface area (Å²) >= 11 is 0. The highest BCUT2D eigenvalue weighted by molar-refractivity contribution is 6.11. The van der Waals surface area contributed by atoms with Gasteiger partial charge >= 0.3 is 11.9 Å². The van der Waals surface area contributed by atoms with Crippen LogP contribution in [0.15, 0.2) is 22.6 Å². The van der Waals surface area contributed by atoms with Gasteiger partial charge in [-0.15, -0.1) is 0 Å². The molecule has 0 saturated carbocycles. The number of carbonyl (C=O) groups excluding carboxylic acids is 2. The van der Waals surface area contributed by atoms with Crippen molar-refractivity contribution in [2.75, 3.05) is 14.2 Å². The van der Waals surface area contributed by atoms with Gasteiger partial charge in [0, 0.05) is 5.39 Å². The first-order chi connectivity index (χ1) is 8.58. The molecule has 18 heavy (non-hydrogen) atoms. The van der Waals surface area contributed by atoms with Crippen LogP contribution in [0.3, 0.4) is 0 Å². The molecular formula is C13H12O5. The quantitative estimate of drug-likeness (QED) is 0.763. The topological polar surface area (TPSA) is 65.7 Å². The van der Waals surface area contributed by atoms with Crippen molar-refractivity contribution >= 4 is 22.9 Å². The Morgan fingerprint density at radius 3 is 2.39 bits per heavy atom. The van der Waals surface area contributed by atoms with Crippen molar-refractivity contribution in [1.82, 2.24) is 0 Å². The van der Waals surface area contributed by atoms with Gasteiger partial charge < -0.3 is 13.9 Å². The van der Waals surface area contributed by atoms with E-state index in [0.717, 1.165) is 5.56 Å². The average Bonchev–Trinajstić information content (AvgIpc) is 2.75. The fourth-order valence-electron chi connectivity index (χ4n) is 1.75. The summed E-state index contributed by atoms with van der Waals surface area (Å²) in [5.41, 5.74) is 1.49. The zero-order chi connectivity index (χ0) is 13.3. The Hall–Kier alpha value is -2.30. The second-order valence-electron chi connectivity index (χ2n) is 3.79. The van der Waals surface area contributed by atoms with Crippen LogP contribution in [0.25, 0.3) is 11.0 Å². The third kappa shape index (κ3) is 1.84. The molecule has 1 aromatic carbocycles. The second kappa shape index (κ2) is 4.52. The smallest absolute Gasteiger partial charge is 0.374 e. The predicted molar refractivity (Wildman–Crippen MR) is 63.6 cm³/mol. The van der Waals surface area contributed by atoms with Crippen molar-refractivity contribution in [3.05, 3.63) is 35.1 Å². The summed E-state index contributed by atoms with van der Waals surface area (Å²) < 4.78 is 14.6. The Balaban J connectivity index is 2.77. The third-order valence-corrected chi connectivity index (χ3v) is 2.60. The maximum atomic E-state index is 11.8. The van der Waals surface area contributed by atoms with Crippen LogP contribution in [0.2, 0.25) is 0 Å². The Bertz CT molecular complexity index is 624. The summed E-state index contributed by atoms with van der Waals surface area (Å²) in [4.78, 5) is 23.3. The summed E-state index contributed by atoms with van der Waals surface area (Å²) in [6, 6.07) is 5.29. The Labute approximate surface area is 103 Å². The molecule has 0 fully saturated rings. The molecule has 2 rings (SSSR count). The van der Waals surface area contributed by atoms with Crippen LogP contribution in [0.1, 0.15) is 26.5 Å². The van der Waals surface area contributed by atoms with Gasteiger partial charge in [-0.25, -0.2) is 9.59 Å². The van der Waals surface area contributed by atoms with Gasteiger partial charge in [0.15, 0.2) is 0 Å². The molecule has 0 atom stereocenters. The van der Waals surface area contributed by atoms with Crippen molar-refractivity contribution in [2.24, 2.45) is 0 Å². The minimum atomic E-state index is -0.704. The first kappa shape index (κ1) is 12.2. The van der Waals surface area contributed by atoms with E-state index in [1.807, 2.05) is 13.0 Å². The fourth-order valence-corrected chi connectivity index (χ4v) is 1.75. The largest absolute Gasteiger partial charge is 0.465 e. The van der Waals surface area contributed by atoms with Crippen molar-refractivity contribution in [3.63, 3.8) is 0 Å². The fraction of sp³-hybridized carbons (Fsp3) is 0.231. The molecule has 5 heteroatoms. The second-order valence-corrected chi connectivity index (χ2v) is 3.79. The Kier molecular flexibility index (Phi) is 3.06. The highest BCUT2D eigenvalue weighted by atomic mass is 16.5. The molecule has 0 aliphatic heterocycles. The maximum Gasteiger partial charge on any atom is 0.374 e. The minimum absolute atomic E-state index is 0.100. The Morgan fingerprint density at radius 1 is 1.11 bits per heavy atom. The summed E-state index contributed by atoms with van der Waals surface area (Å²) in [7, 11) is 2.47. The van der Waals surface area contributed by atoms with Crippen LogP contribution >= 0.6 is 0 Å². The number of aryl methyl sites for hydroxylation is 1. The molecule has 0 radical (unpaired) electrons. The van der Waals surface area contributed by atoms with Gasteiger partial charge in [0.05, 0.1) is 14.2 Å². The number of furan rings is 1. The molecule has 0 unspecified atom stereocenters. The van der Waals surface area contributed by atoms with Gasteiger partial charge in [-0.05, 0) is 19.1 Å². The highest BCUT2D eigenvalue weighted by Crippen LogP contribution is 2.28. The molecule has 0 N–H and O–H groups in total. The third-order valence-electron chi connectivity index (χ3n) is 2.60. The lowest BCUT2D eigenvalue weighted by atomic mass is 10.1. The van der Waals surface area contributed by atoms with E-state index >= 15 is 0 Å². The number of benzene rings is 1. The lowest BCUT2D eigenvalue weighted by molar-refractivity contribution is 0.0531. The van der Waals surface area contributed by atoms with E-state index in [9.17, 15) is 9.59 Å². The molecule has 0 saturated heterocycles. The molecule has 2 aromatic rings. The van der Waals surface area contributed by atoms with E-state index in [2.05, 4.69) is 9.47 Å². The average molecular weight is 248 g/mol. The molecule has 94 valence electrons. The zero-order valence-electron chi connectivity index (χ0n) is 10.3. The molecule has 0 aliphatic carbocycles. The van der Waals surface area contributed by atoms with E-state index in [4.69, 9.17) is 4.42 Å². The Morgan fingerprint density at radius 2 is 1.78 bits per heavy atom. The van der Waals surface area contributed by atoms with Gasteiger partial charge in [-0.1, -0.05) is 11.6 Å². The van der Waals surface area contributed by atoms with Gasteiger partial charge in [0.1, 0.15) is 11.1 Å². The van der Waals surface area contributed by atoms with E-state index in [0.29, 0.717) is 11.0 Å². The van der Waals surface area contributed by atoms with Gasteiger partial charge in [0.2, 0.25) is 5.76 Å². The van der Waals surface area contributed by atoms with E-state index < -0.39 is 11.9 Å². The minimum Gasteiger partial charge on any atom is -0.465 e. The summed E-state index contributed by atoms with van der Waals surface area (Å²) in [5, 5.41) is 0.544. The number of hydrogen-bond acceptors (Lipinski definition) is 5. The summed E-state index contributed by atoms with van der Waals surface area (Å²) in [6.45, 7) is 1.88. The molecule has 5 nitrogen and oxygen atoms in total. The molecule has 0 spiro atoms. The van der Waals surface area contributed by atoms with Crippen LogP contribution in [0.4, 0.5) is 0 Å². The van der Waals surface area contributed by atoms with E-state index in [-0.39, 0.29) is 11.3 Å². The molecule has 0 bridgehead atoms. The number of carbonyl (C=O) groups is 2. The maximum absolute atomic E-state index is 11.8. The first-order valence-corrected chi connectivity index (χ1v) is 5.28. The van der Waals surface area contributed by atoms with Crippen molar-refractivity contribution < 1.29 is 23.5 Å². The van der Waals surface area contributed by atoms with Crippen LogP contribution in [0, 0.1) is 6.92 Å². The first-order valence-electron chi connectivity index (χ1n) is 5.28. The lowest BCUT2D eigenvalue weighted by Gasteiger charge is -1.99. The number of ether oxygens (including phenoxy) is 2. The van der Waals surface area contributed by atoms with Crippen molar-refractivity contribution in [2.45, 2.75) is 6.92 Å². The van der Waals surface area contributed by atoms with Crippen LogP contribution in [0.5, 0.6) is 0 Å². The van der Waals surface area contributed by atoms with Gasteiger partial charge in [-0.2, -0.15) is 0 Å². The standard InChI is InChI=1S/C13H12O5/c1-7-4-5-9-8(6-7)10(12(14)16-2)11(18-9)13(15)17-3/h4-6H,1-3H3. The molecule has 1 heterocycles. The lowest BCUT2D eigenvalue weighted by Crippen LogP contribution is -2.09. The normalized spacial score (nSPS) is 10.4. The zero-order valence-corrected chi connectivity index (χ0v) is 10.3. The van der Waals surface area contributed by atoms with Crippen LogP contribution in [-0.2, 0) is 9.47 Å². The molecule has 0 amide bonds. The SMILES string of the molecule is COC(=O)c1oc2ccc(C)cc2c1C(=O)OC. The van der Waals surface area contributed by atoms with Gasteiger partial charge in [-0.3, -0.25) is 0 Å². The summed E-state index contributed by atoms with van der Waals surface area (Å²) in [5.74, 6) is -1.46. The number of hydrogen-bond donors (Lipinski definition) is 0. The molecular weight excluding hydrogens is 236 g/mol. The van der Waals surface area contributed by atoms with Crippen molar-refractivity contribution in [1.29, 1.82) is 0 Å². The van der Waals surface area contributed by atoms with Crippen LogP contribution in [-0.4, -0.2) is 26.2 Å². The number of fused-ring (bicyclic) bond motifs is 1. The highest BCUT2D eigenvalue weighted by Gasteiger charge is 2.26. The van der Waals surface area contributed by atoms with E-state index in [1.54, 1.807) is 12.1 Å². The van der Waals surface area contributed by atoms with Crippen molar-refractivity contribution in [3.8, 4) is 0 Å². The molecule has 1 aromatic heterocycles. The monoisotopic (exact) mass is 248 g/mol. The predicted octanol–water partition coefficient (Wildman–Crippen LogP) is 2.31. The van der Waals surface area contributed by atoms with E-state index in [1.165, 1.54) is 14.2 Å². The number of esters is 2. The number of rotatable bonds is 2. The number of methoxy groups -OCH3 is 2. The van der Waals surface area contributed by atoms with Gasteiger partial charge in [0.25, 0.3) is 0 Å². The summed E-state index contributed by atoms with van der Waals surface area (Å²) in [6.07, 6.45) is 0. The molecule has 0 aliphatic rings. The van der Waals surface area contributed by atoms with Crippen LogP contribution < -0.4 is 0 Å².